The van der Waals surface area contributed by atoms with E-state index in [-0.39, 0.29) is 45.5 Å². The van der Waals surface area contributed by atoms with E-state index in [1.807, 2.05) is 0 Å². The molecule has 0 aromatic heterocycles. The topological polar surface area (TPSA) is 81.7 Å². The number of nitrogens with one attached hydrogen (secondary N) is 1. The zero-order chi connectivity index (χ0) is 29.9. The number of anilines is 1. The second kappa shape index (κ2) is 11.8. The molecule has 12 heteroatoms. The second-order valence-corrected chi connectivity index (χ2v) is 10.0. The monoisotopic (exact) mass is 607 g/mol. The van der Waals surface area contributed by atoms with Crippen LogP contribution in [0.25, 0.3) is 0 Å². The van der Waals surface area contributed by atoms with Crippen molar-refractivity contribution in [1.82, 2.24) is 0 Å². The number of benzene rings is 3. The van der Waals surface area contributed by atoms with E-state index >= 15 is 0 Å². The number of rotatable bonds is 6. The van der Waals surface area contributed by atoms with E-state index < -0.39 is 47.0 Å². The van der Waals surface area contributed by atoms with Gasteiger partial charge in [-0.25, -0.2) is 4.39 Å². The number of ether oxygens (including phenoxy) is 2. The van der Waals surface area contributed by atoms with Gasteiger partial charge in [0.1, 0.15) is 11.6 Å². The Labute approximate surface area is 241 Å². The highest BCUT2D eigenvalue weighted by Gasteiger charge is 2.34. The third-order valence-electron chi connectivity index (χ3n) is 5.89. The largest absolute Gasteiger partial charge is 0.483 e. The van der Waals surface area contributed by atoms with E-state index in [1.165, 1.54) is 24.3 Å². The van der Waals surface area contributed by atoms with Gasteiger partial charge in [0.15, 0.2) is 18.0 Å². The lowest BCUT2D eigenvalue weighted by atomic mass is 10.00. The number of carbonyl (C=O) groups is 3. The molecule has 0 bridgehead atoms. The number of hydrogen-bond donors (Lipinski definition) is 1. The number of carbonyl (C=O) groups excluding carboxylic acids is 3. The average molecular weight is 608 g/mol. The highest BCUT2D eigenvalue weighted by atomic mass is 35.5. The van der Waals surface area contributed by atoms with Crippen molar-refractivity contribution >= 4 is 46.5 Å². The highest BCUT2D eigenvalue weighted by molar-refractivity contribution is 6.33. The summed E-state index contributed by atoms with van der Waals surface area (Å²) in [4.78, 5) is 36.9. The fraction of sp³-hybridized carbons (Fsp3) is 0.207. The number of ketones is 1. The third kappa shape index (κ3) is 7.57. The molecule has 1 heterocycles. The Morgan fingerprint density at radius 3 is 2.51 bits per heavy atom. The molecule has 1 aliphatic heterocycles. The lowest BCUT2D eigenvalue weighted by molar-refractivity contribution is -0.143. The number of hydrogen-bond acceptors (Lipinski definition) is 5. The molecule has 0 aliphatic carbocycles. The highest BCUT2D eigenvalue weighted by Crippen LogP contribution is 2.33. The van der Waals surface area contributed by atoms with Gasteiger partial charge < -0.3 is 14.8 Å². The van der Waals surface area contributed by atoms with Crippen LogP contribution in [0.4, 0.5) is 23.2 Å². The van der Waals surface area contributed by atoms with Crippen LogP contribution in [0.15, 0.2) is 54.6 Å². The first-order chi connectivity index (χ1) is 19.2. The maximum absolute atomic E-state index is 13.9. The molecule has 1 atom stereocenters. The zero-order valence-electron chi connectivity index (χ0n) is 21.1. The van der Waals surface area contributed by atoms with Crippen molar-refractivity contribution in [2.45, 2.75) is 31.5 Å². The Balaban J connectivity index is 1.46. The van der Waals surface area contributed by atoms with E-state index in [9.17, 15) is 31.9 Å². The molecular weight excluding hydrogens is 589 g/mol. The molecule has 0 radical (unpaired) electrons. The molecule has 3 aromatic carbocycles. The van der Waals surface area contributed by atoms with Gasteiger partial charge in [-0.1, -0.05) is 35.0 Å². The third-order valence-corrected chi connectivity index (χ3v) is 6.44. The summed E-state index contributed by atoms with van der Waals surface area (Å²) in [5.74, 6) is 2.39. The van der Waals surface area contributed by atoms with Crippen LogP contribution in [0, 0.1) is 17.7 Å². The maximum Gasteiger partial charge on any atom is 0.416 e. The fourth-order valence-electron chi connectivity index (χ4n) is 3.86. The SMILES string of the molecule is CC1(C#Cc2ccc(NC(=O)COc3ccc(Cl)cc3C(=O)c3cc(F)cc(C(F)(F)F)c3)c(Cl)c2)CCC(=O)O1. The van der Waals surface area contributed by atoms with Crippen molar-refractivity contribution in [3.05, 3.63) is 92.7 Å². The van der Waals surface area contributed by atoms with Gasteiger partial charge in [-0.2, -0.15) is 13.2 Å². The lowest BCUT2D eigenvalue weighted by Crippen LogP contribution is -2.21. The van der Waals surface area contributed by atoms with Crippen molar-refractivity contribution < 1.29 is 41.4 Å². The quantitative estimate of drug-likeness (QED) is 0.143. The Hall–Kier alpha value is -4.07. The van der Waals surface area contributed by atoms with Crippen LogP contribution in [0.2, 0.25) is 10.0 Å². The fourth-order valence-corrected chi connectivity index (χ4v) is 4.26. The summed E-state index contributed by atoms with van der Waals surface area (Å²) in [7, 11) is 0. The normalized spacial score (nSPS) is 16.4. The summed E-state index contributed by atoms with van der Waals surface area (Å²) >= 11 is 12.2. The predicted octanol–water partition coefficient (Wildman–Crippen LogP) is 6.85. The maximum atomic E-state index is 13.9. The molecule has 0 saturated carbocycles. The molecule has 3 aromatic rings. The number of amides is 1. The minimum absolute atomic E-state index is 0.0626. The standard InChI is InChI=1S/C29H19Cl2F4NO5/c1-28(9-7-26(38)41-28)8-6-16-2-4-23(22(31)10-16)36-25(37)15-40-24-5-3-19(30)14-21(24)27(39)17-11-18(29(33,34)35)13-20(32)12-17/h2-5,10-14H,7,9,15H2,1H3,(H,36,37). The lowest BCUT2D eigenvalue weighted by Gasteiger charge is -2.14. The summed E-state index contributed by atoms with van der Waals surface area (Å²) in [5.41, 5.74) is -2.32. The van der Waals surface area contributed by atoms with Crippen molar-refractivity contribution in [1.29, 1.82) is 0 Å². The molecule has 6 nitrogen and oxygen atoms in total. The minimum Gasteiger partial charge on any atom is -0.483 e. The first-order valence-corrected chi connectivity index (χ1v) is 12.7. The number of halogens is 6. The van der Waals surface area contributed by atoms with Crippen LogP contribution in [0.3, 0.4) is 0 Å². The molecule has 1 saturated heterocycles. The molecule has 1 amide bonds. The molecule has 4 rings (SSSR count). The molecule has 1 aliphatic rings. The van der Waals surface area contributed by atoms with Gasteiger partial charge in [-0.3, -0.25) is 14.4 Å². The Kier molecular flexibility index (Phi) is 8.61. The van der Waals surface area contributed by atoms with Gasteiger partial charge in [-0.05, 0) is 61.5 Å². The Morgan fingerprint density at radius 1 is 1.10 bits per heavy atom. The van der Waals surface area contributed by atoms with Gasteiger partial charge >= 0.3 is 12.1 Å². The van der Waals surface area contributed by atoms with E-state index in [2.05, 4.69) is 17.2 Å². The van der Waals surface area contributed by atoms with Crippen LogP contribution in [-0.4, -0.2) is 29.9 Å². The van der Waals surface area contributed by atoms with Crippen LogP contribution < -0.4 is 10.1 Å². The second-order valence-electron chi connectivity index (χ2n) is 9.18. The first-order valence-electron chi connectivity index (χ1n) is 11.9. The van der Waals surface area contributed by atoms with Gasteiger partial charge in [0.25, 0.3) is 5.91 Å². The molecule has 1 unspecified atom stereocenters. The molecule has 212 valence electrons. The van der Waals surface area contributed by atoms with E-state index in [1.54, 1.807) is 13.0 Å². The van der Waals surface area contributed by atoms with E-state index in [4.69, 9.17) is 32.7 Å². The molecule has 1 fully saturated rings. The predicted molar refractivity (Wildman–Crippen MR) is 142 cm³/mol. The van der Waals surface area contributed by atoms with Gasteiger partial charge in [0.05, 0.1) is 28.3 Å². The zero-order valence-corrected chi connectivity index (χ0v) is 22.6. The Morgan fingerprint density at radius 2 is 1.85 bits per heavy atom. The summed E-state index contributed by atoms with van der Waals surface area (Å²) in [6.45, 7) is 1.10. The Bertz CT molecular complexity index is 1610. The summed E-state index contributed by atoms with van der Waals surface area (Å²) in [6.07, 6.45) is -4.12. The molecule has 0 spiro atoms. The molecular formula is C29H19Cl2F4NO5. The van der Waals surface area contributed by atoms with Crippen molar-refractivity contribution in [3.63, 3.8) is 0 Å². The summed E-state index contributed by atoms with van der Waals surface area (Å²) < 4.78 is 63.9. The van der Waals surface area contributed by atoms with Gasteiger partial charge in [0, 0.05) is 22.6 Å². The molecule has 1 N–H and O–H groups in total. The first kappa shape index (κ1) is 29.9. The van der Waals surface area contributed by atoms with Crippen LogP contribution in [-0.2, 0) is 20.5 Å². The minimum atomic E-state index is -4.88. The summed E-state index contributed by atoms with van der Waals surface area (Å²) in [6, 6.07) is 9.80. The van der Waals surface area contributed by atoms with Crippen LogP contribution in [0.5, 0.6) is 5.75 Å². The van der Waals surface area contributed by atoms with Gasteiger partial charge in [-0.15, -0.1) is 0 Å². The average Bonchev–Trinajstić information content (AvgIpc) is 3.25. The van der Waals surface area contributed by atoms with Crippen LogP contribution >= 0.6 is 23.2 Å². The van der Waals surface area contributed by atoms with Gasteiger partial charge in [0.2, 0.25) is 0 Å². The van der Waals surface area contributed by atoms with Crippen molar-refractivity contribution in [3.8, 4) is 17.6 Å². The number of esters is 1. The van der Waals surface area contributed by atoms with Crippen LogP contribution in [0.1, 0.15) is 46.8 Å². The molecule has 41 heavy (non-hydrogen) atoms. The number of cyclic esters (lactones) is 1. The van der Waals surface area contributed by atoms with Crippen molar-refractivity contribution in [2.24, 2.45) is 0 Å². The summed E-state index contributed by atoms with van der Waals surface area (Å²) in [5, 5.41) is 2.76. The van der Waals surface area contributed by atoms with E-state index in [0.29, 0.717) is 24.1 Å². The van der Waals surface area contributed by atoms with E-state index in [0.717, 1.165) is 6.07 Å². The van der Waals surface area contributed by atoms with Crippen molar-refractivity contribution in [2.75, 3.05) is 11.9 Å². The smallest absolute Gasteiger partial charge is 0.416 e. The number of alkyl halides is 3.